The predicted octanol–water partition coefficient (Wildman–Crippen LogP) is 6.55. The standard InChI is InChI=1S/C19H32.C2H6/c1-12-11-17-16(15-6-4-5-14(12)15)9-10-19(3)13(2)7-8-18(17)19;1-2/h12-18H,4-11H2,1-3H3;1-2H3. The normalized spacial score (nSPS) is 55.0. The zero-order chi connectivity index (χ0) is 15.2. The highest BCUT2D eigenvalue weighted by atomic mass is 14.6. The molecule has 0 bridgehead atoms. The van der Waals surface area contributed by atoms with Crippen LogP contribution in [0, 0.1) is 46.8 Å². The van der Waals surface area contributed by atoms with Gasteiger partial charge >= 0.3 is 0 Å². The third kappa shape index (κ3) is 2.31. The van der Waals surface area contributed by atoms with Gasteiger partial charge in [-0.15, -0.1) is 0 Å². The van der Waals surface area contributed by atoms with Crippen molar-refractivity contribution < 1.29 is 0 Å². The van der Waals surface area contributed by atoms with Gasteiger partial charge in [0.1, 0.15) is 0 Å². The third-order valence-electron chi connectivity index (χ3n) is 8.52. The fourth-order valence-corrected chi connectivity index (χ4v) is 7.31. The maximum Gasteiger partial charge on any atom is -0.0269 e. The molecule has 0 aliphatic heterocycles. The van der Waals surface area contributed by atoms with Crippen LogP contribution in [0.1, 0.15) is 86.0 Å². The van der Waals surface area contributed by atoms with E-state index in [0.29, 0.717) is 5.41 Å². The first kappa shape index (κ1) is 15.9. The van der Waals surface area contributed by atoms with Crippen LogP contribution in [0.5, 0.6) is 0 Å². The van der Waals surface area contributed by atoms with E-state index >= 15 is 0 Å². The lowest BCUT2D eigenvalue weighted by molar-refractivity contribution is -0.0597. The number of fused-ring (bicyclic) bond motifs is 5. The van der Waals surface area contributed by atoms with Gasteiger partial charge in [0, 0.05) is 0 Å². The van der Waals surface area contributed by atoms with Gasteiger partial charge in [-0.25, -0.2) is 0 Å². The Morgan fingerprint density at radius 2 is 1.43 bits per heavy atom. The van der Waals surface area contributed by atoms with Crippen molar-refractivity contribution in [1.82, 2.24) is 0 Å². The monoisotopic (exact) mass is 290 g/mol. The van der Waals surface area contributed by atoms with Crippen molar-refractivity contribution in [2.45, 2.75) is 86.0 Å². The minimum absolute atomic E-state index is 0.715. The summed E-state index contributed by atoms with van der Waals surface area (Å²) in [6.07, 6.45) is 12.5. The molecule has 4 aliphatic carbocycles. The molecule has 4 saturated carbocycles. The Kier molecular flexibility index (Phi) is 4.46. The molecule has 8 unspecified atom stereocenters. The van der Waals surface area contributed by atoms with Gasteiger partial charge in [-0.2, -0.15) is 0 Å². The lowest BCUT2D eigenvalue weighted by Gasteiger charge is -2.55. The van der Waals surface area contributed by atoms with E-state index in [1.165, 1.54) is 6.42 Å². The van der Waals surface area contributed by atoms with Crippen LogP contribution >= 0.6 is 0 Å². The summed E-state index contributed by atoms with van der Waals surface area (Å²) < 4.78 is 0. The van der Waals surface area contributed by atoms with E-state index in [1.807, 2.05) is 13.8 Å². The molecule has 0 amide bonds. The second-order valence-corrected chi connectivity index (χ2v) is 8.93. The molecule has 8 atom stereocenters. The summed E-state index contributed by atoms with van der Waals surface area (Å²) in [6.45, 7) is 11.8. The quantitative estimate of drug-likeness (QED) is 0.474. The summed E-state index contributed by atoms with van der Waals surface area (Å²) in [5.74, 6) is 7.61. The van der Waals surface area contributed by atoms with E-state index in [1.54, 1.807) is 44.9 Å². The summed E-state index contributed by atoms with van der Waals surface area (Å²) in [5, 5.41) is 0. The third-order valence-corrected chi connectivity index (χ3v) is 8.52. The van der Waals surface area contributed by atoms with E-state index in [0.717, 1.165) is 41.4 Å². The van der Waals surface area contributed by atoms with E-state index in [-0.39, 0.29) is 0 Å². The Morgan fingerprint density at radius 3 is 2.19 bits per heavy atom. The van der Waals surface area contributed by atoms with Crippen molar-refractivity contribution in [2.24, 2.45) is 46.8 Å². The van der Waals surface area contributed by atoms with Gasteiger partial charge < -0.3 is 0 Å². The van der Waals surface area contributed by atoms with Crippen molar-refractivity contribution in [3.63, 3.8) is 0 Å². The lowest BCUT2D eigenvalue weighted by atomic mass is 9.50. The average molecular weight is 291 g/mol. The van der Waals surface area contributed by atoms with Gasteiger partial charge in [0.15, 0.2) is 0 Å². The molecule has 0 radical (unpaired) electrons. The lowest BCUT2D eigenvalue weighted by Crippen LogP contribution is -2.48. The first-order valence-corrected chi connectivity index (χ1v) is 10.1. The molecule has 0 aromatic rings. The summed E-state index contributed by atoms with van der Waals surface area (Å²) in [7, 11) is 0. The number of rotatable bonds is 0. The Hall–Kier alpha value is 0. The van der Waals surface area contributed by atoms with Crippen LogP contribution in [0.3, 0.4) is 0 Å². The molecule has 21 heavy (non-hydrogen) atoms. The van der Waals surface area contributed by atoms with E-state index in [4.69, 9.17) is 0 Å². The van der Waals surface area contributed by atoms with Gasteiger partial charge in [-0.3, -0.25) is 0 Å². The van der Waals surface area contributed by atoms with Crippen LogP contribution in [-0.4, -0.2) is 0 Å². The summed E-state index contributed by atoms with van der Waals surface area (Å²) >= 11 is 0. The second kappa shape index (κ2) is 5.89. The Bertz CT molecular complexity index is 359. The molecule has 0 spiro atoms. The first-order valence-electron chi connectivity index (χ1n) is 10.1. The molecule has 4 fully saturated rings. The van der Waals surface area contributed by atoms with E-state index < -0.39 is 0 Å². The summed E-state index contributed by atoms with van der Waals surface area (Å²) in [5.41, 5.74) is 0.715. The molecule has 0 saturated heterocycles. The molecular formula is C21H38. The van der Waals surface area contributed by atoms with E-state index in [2.05, 4.69) is 20.8 Å². The highest BCUT2D eigenvalue weighted by Gasteiger charge is 2.56. The van der Waals surface area contributed by atoms with E-state index in [9.17, 15) is 0 Å². The Balaban J connectivity index is 0.000000636. The molecule has 0 aromatic carbocycles. The van der Waals surface area contributed by atoms with Crippen LogP contribution in [0.25, 0.3) is 0 Å². The van der Waals surface area contributed by atoms with Gasteiger partial charge in [0.2, 0.25) is 0 Å². The maximum absolute atomic E-state index is 2.65. The van der Waals surface area contributed by atoms with Crippen molar-refractivity contribution in [1.29, 1.82) is 0 Å². The molecule has 0 nitrogen and oxygen atoms in total. The molecule has 0 heterocycles. The van der Waals surface area contributed by atoms with Crippen LogP contribution in [0.4, 0.5) is 0 Å². The summed E-state index contributed by atoms with van der Waals surface area (Å²) in [4.78, 5) is 0. The fourth-order valence-electron chi connectivity index (χ4n) is 7.31. The predicted molar refractivity (Wildman–Crippen MR) is 92.2 cm³/mol. The molecule has 122 valence electrons. The highest BCUT2D eigenvalue weighted by molar-refractivity contribution is 5.06. The molecule has 4 aliphatic rings. The highest BCUT2D eigenvalue weighted by Crippen LogP contribution is 2.65. The van der Waals surface area contributed by atoms with Crippen LogP contribution in [-0.2, 0) is 0 Å². The van der Waals surface area contributed by atoms with Crippen LogP contribution in [0.15, 0.2) is 0 Å². The smallest absolute Gasteiger partial charge is 0.0269 e. The van der Waals surface area contributed by atoms with Crippen molar-refractivity contribution in [3.05, 3.63) is 0 Å². The van der Waals surface area contributed by atoms with Gasteiger partial charge in [-0.05, 0) is 91.8 Å². The molecule has 4 rings (SSSR count). The zero-order valence-corrected chi connectivity index (χ0v) is 15.2. The zero-order valence-electron chi connectivity index (χ0n) is 15.2. The minimum Gasteiger partial charge on any atom is -0.0683 e. The maximum atomic E-state index is 2.65. The average Bonchev–Trinajstić information content (AvgIpc) is 3.08. The molecule has 0 heteroatoms. The molecular weight excluding hydrogens is 252 g/mol. The Labute approximate surface area is 133 Å². The molecule has 0 aromatic heterocycles. The minimum atomic E-state index is 0.715. The molecule has 0 N–H and O–H groups in total. The van der Waals surface area contributed by atoms with Gasteiger partial charge in [0.25, 0.3) is 0 Å². The fraction of sp³-hybridized carbons (Fsp3) is 1.00. The van der Waals surface area contributed by atoms with Crippen LogP contribution in [0.2, 0.25) is 0 Å². The number of hydrogen-bond acceptors (Lipinski definition) is 0. The Morgan fingerprint density at radius 1 is 0.762 bits per heavy atom. The largest absolute Gasteiger partial charge is 0.0683 e. The topological polar surface area (TPSA) is 0 Å². The summed E-state index contributed by atoms with van der Waals surface area (Å²) in [6, 6.07) is 0. The number of hydrogen-bond donors (Lipinski definition) is 0. The van der Waals surface area contributed by atoms with Crippen molar-refractivity contribution in [2.75, 3.05) is 0 Å². The van der Waals surface area contributed by atoms with Crippen molar-refractivity contribution in [3.8, 4) is 0 Å². The van der Waals surface area contributed by atoms with Gasteiger partial charge in [-0.1, -0.05) is 41.0 Å². The SMILES string of the molecule is CC.CC1CC2C(CCC3(C)C(C)CCC23)C2CCCC12. The first-order chi connectivity index (χ1) is 10.1. The van der Waals surface area contributed by atoms with Crippen LogP contribution < -0.4 is 0 Å². The second-order valence-electron chi connectivity index (χ2n) is 8.93. The van der Waals surface area contributed by atoms with Gasteiger partial charge in [0.05, 0.1) is 0 Å². The van der Waals surface area contributed by atoms with Crippen molar-refractivity contribution >= 4 is 0 Å².